The molecule has 0 amide bonds. The summed E-state index contributed by atoms with van der Waals surface area (Å²) in [5.41, 5.74) is 0.446. The van der Waals surface area contributed by atoms with Crippen LogP contribution in [-0.2, 0) is 14.3 Å². The maximum Gasteiger partial charge on any atom is 0.343 e. The van der Waals surface area contributed by atoms with Gasteiger partial charge in [-0.3, -0.25) is 0 Å². The Morgan fingerprint density at radius 3 is 1.94 bits per heavy atom. The Bertz CT molecular complexity index is 720. The van der Waals surface area contributed by atoms with Crippen LogP contribution in [0.5, 0.6) is 0 Å². The summed E-state index contributed by atoms with van der Waals surface area (Å²) in [7, 11) is 0. The number of carbonyl (C=O) groups is 2. The molecule has 0 unspecified atom stereocenters. The number of rotatable bonds is 20. The zero-order valence-electron chi connectivity index (χ0n) is 21.2. The van der Waals surface area contributed by atoms with Crippen LogP contribution in [0.25, 0.3) is 0 Å². The van der Waals surface area contributed by atoms with Crippen molar-refractivity contribution in [3.8, 4) is 0 Å². The Labute approximate surface area is 205 Å². The van der Waals surface area contributed by atoms with Crippen molar-refractivity contribution in [3.63, 3.8) is 0 Å². The Kier molecular flexibility index (Phi) is 17.5. The largest absolute Gasteiger partial charge is 0.463 e. The predicted molar refractivity (Wildman–Crippen MR) is 136 cm³/mol. The number of ether oxygens (including phenoxy) is 2. The van der Waals surface area contributed by atoms with E-state index in [0.29, 0.717) is 12.2 Å². The number of hydrogen-bond donors (Lipinski definition) is 1. The first kappa shape index (κ1) is 29.7. The fraction of sp³-hybridized carbons (Fsp3) is 0.643. The smallest absolute Gasteiger partial charge is 0.343 e. The second-order valence-electron chi connectivity index (χ2n) is 8.68. The van der Waals surface area contributed by atoms with E-state index in [1.54, 1.807) is 6.92 Å². The summed E-state index contributed by atoms with van der Waals surface area (Å²) < 4.78 is 23.8. The van der Waals surface area contributed by atoms with Crippen molar-refractivity contribution in [1.29, 1.82) is 0 Å². The number of nitrogens with one attached hydrogen (secondary N) is 1. The van der Waals surface area contributed by atoms with E-state index in [-0.39, 0.29) is 12.2 Å². The lowest BCUT2D eigenvalue weighted by Crippen LogP contribution is -2.06. The van der Waals surface area contributed by atoms with Gasteiger partial charge in [0.25, 0.3) is 0 Å². The Balaban J connectivity index is 2.08. The third-order valence-electron chi connectivity index (χ3n) is 5.72. The molecule has 0 bridgehead atoms. The van der Waals surface area contributed by atoms with Crippen LogP contribution in [0.15, 0.2) is 30.5 Å². The first-order valence-corrected chi connectivity index (χ1v) is 13.2. The molecule has 1 N–H and O–H groups in total. The molecule has 0 aliphatic carbocycles. The van der Waals surface area contributed by atoms with Gasteiger partial charge >= 0.3 is 11.9 Å². The Morgan fingerprint density at radius 1 is 0.853 bits per heavy atom. The van der Waals surface area contributed by atoms with E-state index in [0.717, 1.165) is 31.2 Å². The van der Waals surface area contributed by atoms with Gasteiger partial charge < -0.3 is 14.8 Å². The number of halogens is 1. The molecule has 1 rings (SSSR count). The summed E-state index contributed by atoms with van der Waals surface area (Å²) in [6.07, 6.45) is 20.2. The zero-order valence-corrected chi connectivity index (χ0v) is 21.2. The lowest BCUT2D eigenvalue weighted by molar-refractivity contribution is -0.137. The van der Waals surface area contributed by atoms with Crippen LogP contribution >= 0.6 is 0 Å². The highest BCUT2D eigenvalue weighted by molar-refractivity contribution is 5.90. The van der Waals surface area contributed by atoms with Gasteiger partial charge in [0.1, 0.15) is 12.1 Å². The minimum atomic E-state index is -0.738. The third kappa shape index (κ3) is 14.7. The van der Waals surface area contributed by atoms with Crippen molar-refractivity contribution in [2.45, 2.75) is 104 Å². The van der Waals surface area contributed by atoms with Gasteiger partial charge in [0.2, 0.25) is 0 Å². The molecular weight excluding hydrogens is 433 g/mol. The lowest BCUT2D eigenvalue weighted by atomic mass is 10.0. The van der Waals surface area contributed by atoms with Crippen molar-refractivity contribution in [1.82, 2.24) is 0 Å². The van der Waals surface area contributed by atoms with Crippen LogP contribution in [0.2, 0.25) is 0 Å². The molecule has 0 atom stereocenters. The number of carbonyl (C=O) groups excluding carboxylic acids is 2. The number of unbranched alkanes of at least 4 members (excludes halogenated alkanes) is 13. The van der Waals surface area contributed by atoms with Crippen molar-refractivity contribution >= 4 is 17.6 Å². The first-order chi connectivity index (χ1) is 16.6. The van der Waals surface area contributed by atoms with Crippen LogP contribution in [0.1, 0.15) is 114 Å². The van der Waals surface area contributed by atoms with Crippen LogP contribution in [-0.4, -0.2) is 25.1 Å². The number of hydrogen-bond acceptors (Lipinski definition) is 5. The molecule has 34 heavy (non-hydrogen) atoms. The summed E-state index contributed by atoms with van der Waals surface area (Å²) >= 11 is 0. The second-order valence-corrected chi connectivity index (χ2v) is 8.68. The molecule has 0 aromatic heterocycles. The molecule has 0 aliphatic rings. The molecule has 192 valence electrons. The van der Waals surface area contributed by atoms with Crippen LogP contribution < -0.4 is 5.32 Å². The molecule has 0 fully saturated rings. The zero-order chi connectivity index (χ0) is 24.9. The van der Waals surface area contributed by atoms with Gasteiger partial charge in [-0.25, -0.2) is 14.0 Å². The Hall–Kier alpha value is -2.37. The highest BCUT2D eigenvalue weighted by Crippen LogP contribution is 2.17. The van der Waals surface area contributed by atoms with Gasteiger partial charge in [-0.05, 0) is 31.5 Å². The molecule has 5 nitrogen and oxygen atoms in total. The van der Waals surface area contributed by atoms with E-state index >= 15 is 0 Å². The molecule has 0 spiro atoms. The Morgan fingerprint density at radius 2 is 1.41 bits per heavy atom. The highest BCUT2D eigenvalue weighted by atomic mass is 19.1. The van der Waals surface area contributed by atoms with Gasteiger partial charge in [-0.1, -0.05) is 90.4 Å². The van der Waals surface area contributed by atoms with Crippen molar-refractivity contribution in [2.75, 3.05) is 18.5 Å². The summed E-state index contributed by atoms with van der Waals surface area (Å²) in [6.45, 7) is 4.86. The fourth-order valence-corrected chi connectivity index (χ4v) is 3.74. The van der Waals surface area contributed by atoms with Crippen molar-refractivity contribution in [3.05, 3.63) is 41.9 Å². The van der Waals surface area contributed by atoms with E-state index in [1.807, 2.05) is 0 Å². The van der Waals surface area contributed by atoms with Gasteiger partial charge in [0.05, 0.1) is 23.9 Å². The molecule has 1 aromatic carbocycles. The van der Waals surface area contributed by atoms with E-state index in [4.69, 9.17) is 4.74 Å². The maximum atomic E-state index is 14.3. The number of anilines is 1. The molecule has 0 aliphatic heterocycles. The average molecular weight is 478 g/mol. The molecule has 0 radical (unpaired) electrons. The summed E-state index contributed by atoms with van der Waals surface area (Å²) in [5, 5.41) is 3.09. The quantitative estimate of drug-likeness (QED) is 0.0893. The fourth-order valence-electron chi connectivity index (χ4n) is 3.74. The molecule has 1 aromatic rings. The lowest BCUT2D eigenvalue weighted by Gasteiger charge is -2.09. The van der Waals surface area contributed by atoms with Gasteiger partial charge in [-0.2, -0.15) is 0 Å². The predicted octanol–water partition coefficient (Wildman–Crippen LogP) is 7.95. The normalized spacial score (nSPS) is 11.0. The highest BCUT2D eigenvalue weighted by Gasteiger charge is 2.10. The molecule has 0 saturated heterocycles. The first-order valence-electron chi connectivity index (χ1n) is 13.2. The van der Waals surface area contributed by atoms with Crippen LogP contribution in [0.3, 0.4) is 0 Å². The van der Waals surface area contributed by atoms with E-state index in [2.05, 4.69) is 17.0 Å². The average Bonchev–Trinajstić information content (AvgIpc) is 2.82. The van der Waals surface area contributed by atoms with Crippen LogP contribution in [0.4, 0.5) is 10.1 Å². The number of esters is 2. The van der Waals surface area contributed by atoms with Crippen molar-refractivity contribution < 1.29 is 23.5 Å². The summed E-state index contributed by atoms with van der Waals surface area (Å²) in [5.74, 6) is -1.85. The monoisotopic (exact) mass is 477 g/mol. The van der Waals surface area contributed by atoms with E-state index in [1.165, 1.54) is 89.2 Å². The SMILES string of the molecule is CCCCCCCCCCCCCCCCNc1ccc(C(=O)O/C=C/C(=O)OCC)cc1F. The second kappa shape index (κ2) is 20.0. The minimum Gasteiger partial charge on any atom is -0.463 e. The van der Waals surface area contributed by atoms with Gasteiger partial charge in [-0.15, -0.1) is 0 Å². The van der Waals surface area contributed by atoms with Gasteiger partial charge in [0, 0.05) is 6.54 Å². The third-order valence-corrected chi connectivity index (χ3v) is 5.72. The molecule has 6 heteroatoms. The summed E-state index contributed by atoms with van der Waals surface area (Å²) in [6, 6.07) is 4.16. The van der Waals surface area contributed by atoms with Crippen LogP contribution in [0, 0.1) is 5.82 Å². The van der Waals surface area contributed by atoms with Gasteiger partial charge in [0.15, 0.2) is 0 Å². The summed E-state index contributed by atoms with van der Waals surface area (Å²) in [4.78, 5) is 23.1. The number of benzene rings is 1. The van der Waals surface area contributed by atoms with E-state index in [9.17, 15) is 14.0 Å². The molecule has 0 heterocycles. The molecular formula is C28H44FNO4. The van der Waals surface area contributed by atoms with E-state index < -0.39 is 17.8 Å². The van der Waals surface area contributed by atoms with Crippen molar-refractivity contribution in [2.24, 2.45) is 0 Å². The molecule has 0 saturated carbocycles. The minimum absolute atomic E-state index is 0.0769. The topological polar surface area (TPSA) is 64.6 Å². The maximum absolute atomic E-state index is 14.3. The standard InChI is InChI=1S/C28H44FNO4/c1-3-5-6-7-8-9-10-11-12-13-14-15-16-17-21-30-26-19-18-24(23-25(26)29)28(32)34-22-20-27(31)33-4-2/h18-20,22-23,30H,3-17,21H2,1-2H3/b22-20+.